The number of rotatable bonds is 2. The minimum Gasteiger partial charge on any atom is -0.398 e. The number of anilines is 1. The normalized spacial score (nSPS) is 26.5. The van der Waals surface area contributed by atoms with E-state index in [4.69, 9.17) is 5.73 Å². The second-order valence-corrected chi connectivity index (χ2v) is 4.69. The summed E-state index contributed by atoms with van der Waals surface area (Å²) in [6.45, 7) is 2.31. The molecule has 0 radical (unpaired) electrons. The van der Waals surface area contributed by atoms with Gasteiger partial charge in [-0.05, 0) is 36.3 Å². The van der Waals surface area contributed by atoms with Crippen LogP contribution >= 0.6 is 0 Å². The van der Waals surface area contributed by atoms with Crippen LogP contribution in [0.5, 0.6) is 0 Å². The second-order valence-electron chi connectivity index (χ2n) is 4.69. The topological polar surface area (TPSA) is 26.0 Å². The van der Waals surface area contributed by atoms with Crippen molar-refractivity contribution in [3.8, 4) is 0 Å². The monoisotopic (exact) mass is 203 g/mol. The standard InChI is InChI=1S/C14H21N/c1-2-11-7-3-4-8-12(11)13-9-5-6-10-14(13)15/h5-6,9-12H,2-4,7-8,15H2,1H3/t11-,12+/m0/s1. The molecule has 82 valence electrons. The van der Waals surface area contributed by atoms with Gasteiger partial charge in [-0.2, -0.15) is 0 Å². The largest absolute Gasteiger partial charge is 0.398 e. The Hall–Kier alpha value is -0.980. The molecule has 0 amide bonds. The lowest BCUT2D eigenvalue weighted by Gasteiger charge is -2.31. The zero-order valence-electron chi connectivity index (χ0n) is 9.58. The van der Waals surface area contributed by atoms with Crippen LogP contribution in [0.3, 0.4) is 0 Å². The maximum Gasteiger partial charge on any atom is 0.0349 e. The van der Waals surface area contributed by atoms with E-state index in [0.29, 0.717) is 5.92 Å². The smallest absolute Gasteiger partial charge is 0.0349 e. The molecule has 1 aliphatic carbocycles. The van der Waals surface area contributed by atoms with Crippen LogP contribution in [-0.4, -0.2) is 0 Å². The van der Waals surface area contributed by atoms with Crippen molar-refractivity contribution < 1.29 is 0 Å². The molecule has 1 saturated carbocycles. The molecule has 0 aliphatic heterocycles. The van der Waals surface area contributed by atoms with Crippen molar-refractivity contribution in [3.63, 3.8) is 0 Å². The summed E-state index contributed by atoms with van der Waals surface area (Å²) in [6.07, 6.45) is 6.78. The molecule has 1 nitrogen and oxygen atoms in total. The van der Waals surface area contributed by atoms with Gasteiger partial charge in [0.2, 0.25) is 0 Å². The molecular weight excluding hydrogens is 182 g/mol. The van der Waals surface area contributed by atoms with Crippen LogP contribution in [0.2, 0.25) is 0 Å². The van der Waals surface area contributed by atoms with Crippen LogP contribution < -0.4 is 5.73 Å². The number of nitrogens with two attached hydrogens (primary N) is 1. The molecule has 0 saturated heterocycles. The zero-order valence-corrected chi connectivity index (χ0v) is 9.58. The molecule has 1 aliphatic rings. The lowest BCUT2D eigenvalue weighted by molar-refractivity contribution is 0.300. The molecule has 2 atom stereocenters. The number of benzene rings is 1. The molecule has 15 heavy (non-hydrogen) atoms. The zero-order chi connectivity index (χ0) is 10.7. The second kappa shape index (κ2) is 4.69. The Bertz CT molecular complexity index is 319. The van der Waals surface area contributed by atoms with E-state index in [1.165, 1.54) is 37.7 Å². The van der Waals surface area contributed by atoms with Crippen LogP contribution in [0.15, 0.2) is 24.3 Å². The SMILES string of the molecule is CC[C@H]1CCCC[C@H]1c1ccccc1N. The summed E-state index contributed by atoms with van der Waals surface area (Å²) in [7, 11) is 0. The van der Waals surface area contributed by atoms with Gasteiger partial charge in [0.05, 0.1) is 0 Å². The summed E-state index contributed by atoms with van der Waals surface area (Å²) >= 11 is 0. The van der Waals surface area contributed by atoms with Crippen molar-refractivity contribution in [2.45, 2.75) is 44.9 Å². The average Bonchev–Trinajstić information content (AvgIpc) is 2.30. The fourth-order valence-corrected chi connectivity index (χ4v) is 2.95. The Morgan fingerprint density at radius 1 is 1.20 bits per heavy atom. The number of nitrogen functional groups attached to an aromatic ring is 1. The van der Waals surface area contributed by atoms with Gasteiger partial charge in [-0.15, -0.1) is 0 Å². The Labute approximate surface area is 92.7 Å². The van der Waals surface area contributed by atoms with E-state index in [2.05, 4.69) is 19.1 Å². The molecular formula is C14H21N. The van der Waals surface area contributed by atoms with Gasteiger partial charge in [0.1, 0.15) is 0 Å². The number of para-hydroxylation sites is 1. The van der Waals surface area contributed by atoms with E-state index >= 15 is 0 Å². The Kier molecular flexibility index (Phi) is 3.30. The van der Waals surface area contributed by atoms with Crippen LogP contribution in [0, 0.1) is 5.92 Å². The molecule has 0 heterocycles. The highest BCUT2D eigenvalue weighted by molar-refractivity contribution is 5.48. The predicted octanol–water partition coefficient (Wildman–Crippen LogP) is 3.95. The fraction of sp³-hybridized carbons (Fsp3) is 0.571. The molecule has 0 unspecified atom stereocenters. The minimum atomic E-state index is 0.713. The molecule has 2 rings (SSSR count). The summed E-state index contributed by atoms with van der Waals surface area (Å²) < 4.78 is 0. The molecule has 0 spiro atoms. The van der Waals surface area contributed by atoms with E-state index < -0.39 is 0 Å². The molecule has 1 aromatic carbocycles. The van der Waals surface area contributed by atoms with Crippen molar-refractivity contribution >= 4 is 5.69 Å². The first-order valence-electron chi connectivity index (χ1n) is 6.17. The summed E-state index contributed by atoms with van der Waals surface area (Å²) in [5.41, 5.74) is 8.45. The van der Waals surface area contributed by atoms with Gasteiger partial charge in [-0.3, -0.25) is 0 Å². The van der Waals surface area contributed by atoms with Crippen LogP contribution in [0.4, 0.5) is 5.69 Å². The van der Waals surface area contributed by atoms with Gasteiger partial charge in [0.25, 0.3) is 0 Å². The summed E-state index contributed by atoms with van der Waals surface area (Å²) in [5, 5.41) is 0. The third-order valence-corrected chi connectivity index (χ3v) is 3.83. The first-order valence-corrected chi connectivity index (χ1v) is 6.17. The highest BCUT2D eigenvalue weighted by Gasteiger charge is 2.25. The molecule has 2 N–H and O–H groups in total. The molecule has 1 heteroatoms. The van der Waals surface area contributed by atoms with Crippen LogP contribution in [0.1, 0.15) is 50.5 Å². The third kappa shape index (κ3) is 2.17. The van der Waals surface area contributed by atoms with Crippen molar-refractivity contribution in [3.05, 3.63) is 29.8 Å². The average molecular weight is 203 g/mol. The molecule has 0 bridgehead atoms. The Morgan fingerprint density at radius 2 is 1.93 bits per heavy atom. The predicted molar refractivity (Wildman–Crippen MR) is 65.8 cm³/mol. The van der Waals surface area contributed by atoms with Gasteiger partial charge < -0.3 is 5.73 Å². The molecule has 1 fully saturated rings. The first kappa shape index (κ1) is 10.5. The lowest BCUT2D eigenvalue weighted by atomic mass is 9.74. The summed E-state index contributed by atoms with van der Waals surface area (Å²) in [4.78, 5) is 0. The number of hydrogen-bond acceptors (Lipinski definition) is 1. The van der Waals surface area contributed by atoms with Gasteiger partial charge in [0, 0.05) is 5.69 Å². The fourth-order valence-electron chi connectivity index (χ4n) is 2.95. The maximum absolute atomic E-state index is 6.07. The Balaban J connectivity index is 2.24. The molecule has 1 aromatic rings. The van der Waals surface area contributed by atoms with Crippen molar-refractivity contribution in [2.75, 3.05) is 5.73 Å². The van der Waals surface area contributed by atoms with E-state index in [1.54, 1.807) is 0 Å². The van der Waals surface area contributed by atoms with Crippen molar-refractivity contribution in [1.29, 1.82) is 0 Å². The molecule has 0 aromatic heterocycles. The van der Waals surface area contributed by atoms with Crippen molar-refractivity contribution in [1.82, 2.24) is 0 Å². The van der Waals surface area contributed by atoms with Gasteiger partial charge in [-0.25, -0.2) is 0 Å². The summed E-state index contributed by atoms with van der Waals surface area (Å²) in [5.74, 6) is 1.56. The first-order chi connectivity index (χ1) is 7.33. The summed E-state index contributed by atoms with van der Waals surface area (Å²) in [6, 6.07) is 8.40. The maximum atomic E-state index is 6.07. The van der Waals surface area contributed by atoms with Gasteiger partial charge >= 0.3 is 0 Å². The van der Waals surface area contributed by atoms with Crippen LogP contribution in [-0.2, 0) is 0 Å². The van der Waals surface area contributed by atoms with Gasteiger partial charge in [0.15, 0.2) is 0 Å². The third-order valence-electron chi connectivity index (χ3n) is 3.83. The number of hydrogen-bond donors (Lipinski definition) is 1. The quantitative estimate of drug-likeness (QED) is 0.723. The van der Waals surface area contributed by atoms with E-state index in [-0.39, 0.29) is 0 Å². The highest BCUT2D eigenvalue weighted by atomic mass is 14.6. The van der Waals surface area contributed by atoms with Gasteiger partial charge in [-0.1, -0.05) is 44.4 Å². The van der Waals surface area contributed by atoms with E-state index in [1.807, 2.05) is 12.1 Å². The van der Waals surface area contributed by atoms with E-state index in [9.17, 15) is 0 Å². The van der Waals surface area contributed by atoms with E-state index in [0.717, 1.165) is 11.6 Å². The van der Waals surface area contributed by atoms with Crippen LogP contribution in [0.25, 0.3) is 0 Å². The lowest BCUT2D eigenvalue weighted by Crippen LogP contribution is -2.18. The minimum absolute atomic E-state index is 0.713. The van der Waals surface area contributed by atoms with Crippen molar-refractivity contribution in [2.24, 2.45) is 5.92 Å². The highest BCUT2D eigenvalue weighted by Crippen LogP contribution is 2.41. The Morgan fingerprint density at radius 3 is 2.67 bits per heavy atom.